The number of hydrogen-bond acceptors (Lipinski definition) is 8. The second-order valence-electron chi connectivity index (χ2n) is 5.19. The summed E-state index contributed by atoms with van der Waals surface area (Å²) >= 11 is 2.21. The van der Waals surface area contributed by atoms with E-state index in [9.17, 15) is 9.59 Å². The van der Waals surface area contributed by atoms with Crippen molar-refractivity contribution in [2.75, 3.05) is 14.2 Å². The summed E-state index contributed by atoms with van der Waals surface area (Å²) in [5, 5.41) is 1.44. The zero-order chi connectivity index (χ0) is 19.2. The van der Waals surface area contributed by atoms with Crippen LogP contribution < -0.4 is 14.2 Å². The molecule has 1 aromatic heterocycles. The number of hydrogen-bond donors (Lipinski definition) is 0. The first-order valence-electron chi connectivity index (χ1n) is 7.77. The summed E-state index contributed by atoms with van der Waals surface area (Å²) in [6, 6.07) is 13.4. The van der Waals surface area contributed by atoms with Gasteiger partial charge in [-0.1, -0.05) is 0 Å². The van der Waals surface area contributed by atoms with Crippen LogP contribution in [-0.4, -0.2) is 30.3 Å². The number of aromatic nitrogens is 1. The Morgan fingerprint density at radius 3 is 2.00 bits per heavy atom. The number of thioether (sulfide) groups is 1. The minimum absolute atomic E-state index is 0.153. The summed E-state index contributed by atoms with van der Waals surface area (Å²) < 4.78 is 15.9. The lowest BCUT2D eigenvalue weighted by Gasteiger charge is -2.03. The van der Waals surface area contributed by atoms with E-state index in [4.69, 9.17) is 14.2 Å². The lowest BCUT2D eigenvalue weighted by Crippen LogP contribution is -2.08. The molecule has 0 radical (unpaired) electrons. The summed E-state index contributed by atoms with van der Waals surface area (Å²) in [5.74, 6) is 0.960. The summed E-state index contributed by atoms with van der Waals surface area (Å²) in [6.45, 7) is 0. The molecule has 3 aromatic rings. The fourth-order valence-electron chi connectivity index (χ4n) is 2.08. The molecule has 0 amide bonds. The van der Waals surface area contributed by atoms with Gasteiger partial charge in [0, 0.05) is 5.56 Å². The van der Waals surface area contributed by atoms with Crippen LogP contribution in [0.5, 0.6) is 17.4 Å². The number of nitrogens with zero attached hydrogens (tertiary/aromatic N) is 1. The van der Waals surface area contributed by atoms with Crippen LogP contribution in [0.1, 0.15) is 20.7 Å². The first kappa shape index (κ1) is 18.9. The molecule has 0 unspecified atom stereocenters. The topological polar surface area (TPSA) is 74.7 Å². The summed E-state index contributed by atoms with van der Waals surface area (Å²) in [4.78, 5) is 28.6. The van der Waals surface area contributed by atoms with E-state index in [-0.39, 0.29) is 11.0 Å². The molecule has 0 spiro atoms. The lowest BCUT2D eigenvalue weighted by molar-refractivity contribution is 0.0728. The van der Waals surface area contributed by atoms with Crippen molar-refractivity contribution in [1.29, 1.82) is 0 Å². The van der Waals surface area contributed by atoms with Gasteiger partial charge in [-0.05, 0) is 60.3 Å². The smallest absolute Gasteiger partial charge is 0.344 e. The summed E-state index contributed by atoms with van der Waals surface area (Å²) in [6.07, 6.45) is 0. The van der Waals surface area contributed by atoms with Crippen LogP contribution >= 0.6 is 23.1 Å². The average molecular weight is 401 g/mol. The molecule has 0 aliphatic heterocycles. The predicted octanol–water partition coefficient (Wildman–Crippen LogP) is 4.31. The molecule has 3 rings (SSSR count). The van der Waals surface area contributed by atoms with Gasteiger partial charge in [0.1, 0.15) is 11.5 Å². The molecule has 2 aromatic carbocycles. The normalized spacial score (nSPS) is 10.3. The minimum atomic E-state index is -0.527. The first-order chi connectivity index (χ1) is 13.1. The van der Waals surface area contributed by atoms with Crippen molar-refractivity contribution < 1.29 is 23.8 Å². The van der Waals surface area contributed by atoms with Gasteiger partial charge >= 0.3 is 5.97 Å². The third kappa shape index (κ3) is 4.87. The van der Waals surface area contributed by atoms with E-state index < -0.39 is 5.97 Å². The average Bonchev–Trinajstić information content (AvgIpc) is 3.14. The third-order valence-corrected chi connectivity index (χ3v) is 5.33. The highest BCUT2D eigenvalue weighted by Gasteiger charge is 2.15. The number of carbonyl (C=O) groups excluding carboxylic acids is 2. The van der Waals surface area contributed by atoms with Gasteiger partial charge < -0.3 is 14.2 Å². The molecule has 8 heteroatoms. The summed E-state index contributed by atoms with van der Waals surface area (Å²) in [5.41, 5.74) is 0.917. The fraction of sp³-hybridized carbons (Fsp3) is 0.105. The van der Waals surface area contributed by atoms with Gasteiger partial charge in [0.15, 0.2) is 4.34 Å². The Morgan fingerprint density at radius 1 is 0.889 bits per heavy atom. The molecule has 0 N–H and O–H groups in total. The van der Waals surface area contributed by atoms with Crippen LogP contribution in [0.25, 0.3) is 0 Å². The molecule has 0 fully saturated rings. The Morgan fingerprint density at radius 2 is 1.44 bits per heavy atom. The van der Waals surface area contributed by atoms with Crippen LogP contribution in [-0.2, 0) is 0 Å². The second kappa shape index (κ2) is 8.70. The molecule has 27 heavy (non-hydrogen) atoms. The zero-order valence-corrected chi connectivity index (χ0v) is 16.1. The quantitative estimate of drug-likeness (QED) is 0.450. The Kier molecular flexibility index (Phi) is 6.10. The monoisotopic (exact) mass is 401 g/mol. The van der Waals surface area contributed by atoms with E-state index in [0.717, 1.165) is 11.8 Å². The van der Waals surface area contributed by atoms with Crippen molar-refractivity contribution in [3.05, 3.63) is 65.0 Å². The first-order valence-corrected chi connectivity index (χ1v) is 9.46. The van der Waals surface area contributed by atoms with Crippen LogP contribution in [0.3, 0.4) is 0 Å². The highest BCUT2D eigenvalue weighted by atomic mass is 32.2. The van der Waals surface area contributed by atoms with E-state index in [1.165, 1.54) is 11.3 Å². The largest absolute Gasteiger partial charge is 0.497 e. The van der Waals surface area contributed by atoms with Gasteiger partial charge in [-0.3, -0.25) is 4.79 Å². The zero-order valence-electron chi connectivity index (χ0n) is 14.5. The van der Waals surface area contributed by atoms with Crippen molar-refractivity contribution in [3.63, 3.8) is 0 Å². The SMILES string of the molecule is COc1ccc(C(=O)Oc2csc(SC(=O)c3ccc(OC)cc3)n2)cc1. The molecule has 138 valence electrons. The van der Waals surface area contributed by atoms with Crippen molar-refractivity contribution in [3.8, 4) is 17.4 Å². The Bertz CT molecular complexity index is 859. The van der Waals surface area contributed by atoms with Crippen LogP contribution in [0, 0.1) is 0 Å². The third-order valence-electron chi connectivity index (χ3n) is 3.49. The standard InChI is InChI=1S/C19H15NO5S2/c1-23-14-7-3-12(4-8-14)17(21)25-16-11-26-19(20-16)27-18(22)13-5-9-15(24-2)10-6-13/h3-11H,1-2H3. The van der Waals surface area contributed by atoms with E-state index in [1.807, 2.05) is 0 Å². The van der Waals surface area contributed by atoms with Gasteiger partial charge in [-0.25, -0.2) is 4.79 Å². The van der Waals surface area contributed by atoms with Gasteiger partial charge in [-0.2, -0.15) is 4.98 Å². The molecule has 6 nitrogen and oxygen atoms in total. The number of carbonyl (C=O) groups is 2. The van der Waals surface area contributed by atoms with E-state index in [2.05, 4.69) is 4.98 Å². The van der Waals surface area contributed by atoms with Crippen molar-refractivity contribution >= 4 is 34.2 Å². The van der Waals surface area contributed by atoms with Crippen molar-refractivity contribution in [2.45, 2.75) is 4.34 Å². The highest BCUT2D eigenvalue weighted by molar-refractivity contribution is 8.15. The lowest BCUT2D eigenvalue weighted by atomic mass is 10.2. The van der Waals surface area contributed by atoms with Crippen molar-refractivity contribution in [2.24, 2.45) is 0 Å². The number of esters is 1. The van der Waals surface area contributed by atoms with E-state index in [0.29, 0.717) is 27.0 Å². The maximum absolute atomic E-state index is 12.3. The number of rotatable bonds is 6. The molecular formula is C19H15NO5S2. The van der Waals surface area contributed by atoms with Crippen LogP contribution in [0.15, 0.2) is 58.3 Å². The van der Waals surface area contributed by atoms with Crippen molar-refractivity contribution in [1.82, 2.24) is 4.98 Å². The van der Waals surface area contributed by atoms with E-state index >= 15 is 0 Å². The fourth-order valence-corrected chi connectivity index (χ4v) is 3.64. The molecule has 0 aliphatic rings. The molecular weight excluding hydrogens is 386 g/mol. The number of thiazole rings is 1. The van der Waals surface area contributed by atoms with Gasteiger partial charge in [0.25, 0.3) is 0 Å². The van der Waals surface area contributed by atoms with Gasteiger partial charge in [0.05, 0.1) is 25.2 Å². The molecule has 1 heterocycles. The number of benzene rings is 2. The van der Waals surface area contributed by atoms with Crippen LogP contribution in [0.4, 0.5) is 0 Å². The Hall–Kier alpha value is -2.84. The second-order valence-corrected chi connectivity index (χ2v) is 7.27. The Balaban J connectivity index is 1.61. The Labute approximate surface area is 164 Å². The molecule has 0 bridgehead atoms. The van der Waals surface area contributed by atoms with Gasteiger partial charge in [-0.15, -0.1) is 11.3 Å². The molecule has 0 saturated carbocycles. The van der Waals surface area contributed by atoms with Gasteiger partial charge in [0.2, 0.25) is 11.0 Å². The minimum Gasteiger partial charge on any atom is -0.497 e. The maximum atomic E-state index is 12.3. The number of ether oxygens (including phenoxy) is 3. The van der Waals surface area contributed by atoms with Crippen LogP contribution in [0.2, 0.25) is 0 Å². The molecule has 0 atom stereocenters. The molecule has 0 saturated heterocycles. The molecule has 0 aliphatic carbocycles. The predicted molar refractivity (Wildman–Crippen MR) is 103 cm³/mol. The summed E-state index contributed by atoms with van der Waals surface area (Å²) in [7, 11) is 3.12. The highest BCUT2D eigenvalue weighted by Crippen LogP contribution is 2.29. The van der Waals surface area contributed by atoms with E-state index in [1.54, 1.807) is 68.1 Å². The number of methoxy groups -OCH3 is 2. The maximum Gasteiger partial charge on any atom is 0.344 e.